The number of fused-ring (bicyclic) bond motifs is 1. The number of pyridine rings is 1. The topological polar surface area (TPSA) is 58.3 Å². The molecule has 24 heavy (non-hydrogen) atoms. The van der Waals surface area contributed by atoms with Crippen molar-refractivity contribution in [3.05, 3.63) is 59.4 Å². The Hall–Kier alpha value is -2.32. The van der Waals surface area contributed by atoms with Gasteiger partial charge in [0.2, 0.25) is 0 Å². The van der Waals surface area contributed by atoms with Gasteiger partial charge in [0.15, 0.2) is 0 Å². The summed E-state index contributed by atoms with van der Waals surface area (Å²) < 4.78 is 6.07. The fourth-order valence-electron chi connectivity index (χ4n) is 2.88. The molecule has 1 aromatic heterocycles. The van der Waals surface area contributed by atoms with Gasteiger partial charge in [-0.05, 0) is 50.4 Å². The van der Waals surface area contributed by atoms with Crippen LogP contribution in [-0.2, 0) is 0 Å². The fourth-order valence-corrected chi connectivity index (χ4v) is 3.47. The maximum atomic E-state index is 9.20. The SMILES string of the molecule is CSC(=NC1CC(C)(C)Oc2ccc(C#N)cc21)c1cccnc1. The van der Waals surface area contributed by atoms with E-state index in [0.29, 0.717) is 5.56 Å². The summed E-state index contributed by atoms with van der Waals surface area (Å²) in [6.45, 7) is 4.14. The van der Waals surface area contributed by atoms with E-state index in [-0.39, 0.29) is 11.6 Å². The van der Waals surface area contributed by atoms with Gasteiger partial charge in [0.25, 0.3) is 0 Å². The maximum Gasteiger partial charge on any atom is 0.125 e. The van der Waals surface area contributed by atoms with Crippen LogP contribution in [0.3, 0.4) is 0 Å². The zero-order valence-corrected chi connectivity index (χ0v) is 14.8. The average molecular weight is 337 g/mol. The van der Waals surface area contributed by atoms with Crippen molar-refractivity contribution >= 4 is 16.8 Å². The molecule has 2 aromatic rings. The number of benzene rings is 1. The summed E-state index contributed by atoms with van der Waals surface area (Å²) in [5.74, 6) is 0.811. The second-order valence-electron chi connectivity index (χ2n) is 6.33. The number of rotatable bonds is 2. The van der Waals surface area contributed by atoms with Crippen LogP contribution in [0, 0.1) is 11.3 Å². The van der Waals surface area contributed by atoms with Crippen LogP contribution >= 0.6 is 11.8 Å². The molecular formula is C19H19N3OS. The van der Waals surface area contributed by atoms with E-state index in [1.165, 1.54) is 0 Å². The second-order valence-corrected chi connectivity index (χ2v) is 7.12. The van der Waals surface area contributed by atoms with Crippen LogP contribution in [0.1, 0.15) is 43.0 Å². The van der Waals surface area contributed by atoms with Crippen LogP contribution in [-0.4, -0.2) is 21.9 Å². The molecular weight excluding hydrogens is 318 g/mol. The molecule has 0 saturated heterocycles. The maximum absolute atomic E-state index is 9.20. The van der Waals surface area contributed by atoms with Crippen LogP contribution in [0.2, 0.25) is 0 Å². The summed E-state index contributed by atoms with van der Waals surface area (Å²) in [4.78, 5) is 9.17. The molecule has 1 atom stereocenters. The van der Waals surface area contributed by atoms with Crippen molar-refractivity contribution in [1.29, 1.82) is 5.26 Å². The number of ether oxygens (including phenoxy) is 1. The number of aliphatic imine (C=N–C) groups is 1. The van der Waals surface area contributed by atoms with Gasteiger partial charge in [-0.2, -0.15) is 5.26 Å². The zero-order valence-electron chi connectivity index (χ0n) is 14.0. The monoisotopic (exact) mass is 337 g/mol. The molecule has 2 heterocycles. The summed E-state index contributed by atoms with van der Waals surface area (Å²) >= 11 is 1.61. The zero-order chi connectivity index (χ0) is 17.2. The first-order valence-corrected chi connectivity index (χ1v) is 9.00. The number of aromatic nitrogens is 1. The Morgan fingerprint density at radius 3 is 2.92 bits per heavy atom. The predicted octanol–water partition coefficient (Wildman–Crippen LogP) is 4.37. The minimum Gasteiger partial charge on any atom is -0.487 e. The lowest BCUT2D eigenvalue weighted by Crippen LogP contribution is -2.34. The van der Waals surface area contributed by atoms with Crippen molar-refractivity contribution in [2.24, 2.45) is 4.99 Å². The van der Waals surface area contributed by atoms with E-state index in [2.05, 4.69) is 24.9 Å². The van der Waals surface area contributed by atoms with Crippen LogP contribution < -0.4 is 4.74 Å². The number of hydrogen-bond acceptors (Lipinski definition) is 5. The molecule has 1 aliphatic rings. The number of nitriles is 1. The van der Waals surface area contributed by atoms with Crippen LogP contribution in [0.25, 0.3) is 0 Å². The molecule has 1 aliphatic heterocycles. The lowest BCUT2D eigenvalue weighted by molar-refractivity contribution is 0.0733. The molecule has 3 rings (SSSR count). The highest BCUT2D eigenvalue weighted by atomic mass is 32.2. The molecule has 122 valence electrons. The molecule has 0 amide bonds. The Labute approximate surface area is 146 Å². The molecule has 4 nitrogen and oxygen atoms in total. The van der Waals surface area contributed by atoms with E-state index in [4.69, 9.17) is 9.73 Å². The average Bonchev–Trinajstić information content (AvgIpc) is 2.59. The van der Waals surface area contributed by atoms with Gasteiger partial charge in [0.1, 0.15) is 11.4 Å². The fraction of sp³-hybridized carbons (Fsp3) is 0.316. The van der Waals surface area contributed by atoms with Gasteiger partial charge < -0.3 is 4.74 Å². The highest BCUT2D eigenvalue weighted by Gasteiger charge is 2.34. The van der Waals surface area contributed by atoms with Crippen molar-refractivity contribution < 1.29 is 4.74 Å². The van der Waals surface area contributed by atoms with Gasteiger partial charge in [0, 0.05) is 29.9 Å². The highest BCUT2D eigenvalue weighted by molar-refractivity contribution is 8.13. The normalized spacial score (nSPS) is 19.1. The van der Waals surface area contributed by atoms with Crippen molar-refractivity contribution in [2.45, 2.75) is 31.9 Å². The lowest BCUT2D eigenvalue weighted by atomic mass is 9.89. The summed E-state index contributed by atoms with van der Waals surface area (Å²) in [6.07, 6.45) is 6.36. The Bertz CT molecular complexity index is 809. The first-order valence-electron chi connectivity index (χ1n) is 7.77. The third kappa shape index (κ3) is 3.44. The Balaban J connectivity index is 2.07. The third-order valence-corrected chi connectivity index (χ3v) is 4.67. The Morgan fingerprint density at radius 1 is 1.42 bits per heavy atom. The molecule has 0 saturated carbocycles. The molecule has 0 spiro atoms. The summed E-state index contributed by atoms with van der Waals surface area (Å²) in [5, 5.41) is 10.1. The van der Waals surface area contributed by atoms with E-state index in [1.54, 1.807) is 24.0 Å². The lowest BCUT2D eigenvalue weighted by Gasteiger charge is -2.36. The van der Waals surface area contributed by atoms with Gasteiger partial charge in [-0.15, -0.1) is 11.8 Å². The number of hydrogen-bond donors (Lipinski definition) is 0. The molecule has 0 N–H and O–H groups in total. The molecule has 0 fully saturated rings. The van der Waals surface area contributed by atoms with E-state index >= 15 is 0 Å². The Morgan fingerprint density at radius 2 is 2.25 bits per heavy atom. The first kappa shape index (κ1) is 16.5. The van der Waals surface area contributed by atoms with Gasteiger partial charge in [-0.25, -0.2) is 0 Å². The first-order chi connectivity index (χ1) is 11.5. The number of thioether (sulfide) groups is 1. The molecule has 1 aromatic carbocycles. The van der Waals surface area contributed by atoms with E-state index in [1.807, 2.05) is 36.7 Å². The van der Waals surface area contributed by atoms with Gasteiger partial charge in [-0.3, -0.25) is 9.98 Å². The van der Waals surface area contributed by atoms with Crippen LogP contribution in [0.5, 0.6) is 5.75 Å². The highest BCUT2D eigenvalue weighted by Crippen LogP contribution is 2.42. The summed E-state index contributed by atoms with van der Waals surface area (Å²) in [7, 11) is 0. The van der Waals surface area contributed by atoms with E-state index in [0.717, 1.165) is 28.3 Å². The van der Waals surface area contributed by atoms with Crippen molar-refractivity contribution in [3.8, 4) is 11.8 Å². The van der Waals surface area contributed by atoms with Gasteiger partial charge >= 0.3 is 0 Å². The Kier molecular flexibility index (Phi) is 4.59. The van der Waals surface area contributed by atoms with E-state index in [9.17, 15) is 5.26 Å². The third-order valence-electron chi connectivity index (χ3n) is 3.94. The molecule has 0 aliphatic carbocycles. The predicted molar refractivity (Wildman–Crippen MR) is 97.5 cm³/mol. The van der Waals surface area contributed by atoms with Crippen molar-refractivity contribution in [1.82, 2.24) is 4.98 Å². The molecule has 0 bridgehead atoms. The summed E-state index contributed by atoms with van der Waals surface area (Å²) in [6, 6.07) is 11.6. The minimum absolute atomic E-state index is 0.0419. The van der Waals surface area contributed by atoms with Crippen LogP contribution in [0.15, 0.2) is 47.7 Å². The van der Waals surface area contributed by atoms with Crippen molar-refractivity contribution in [2.75, 3.05) is 6.26 Å². The largest absolute Gasteiger partial charge is 0.487 e. The van der Waals surface area contributed by atoms with Gasteiger partial charge in [0.05, 0.1) is 22.7 Å². The molecule has 0 radical (unpaired) electrons. The molecule has 5 heteroatoms. The second kappa shape index (κ2) is 6.66. The number of nitrogens with zero attached hydrogens (tertiary/aromatic N) is 3. The van der Waals surface area contributed by atoms with Crippen LogP contribution in [0.4, 0.5) is 0 Å². The standard InChI is InChI=1S/C19H19N3OS/c1-19(2)10-16(15-9-13(11-20)6-7-17(15)23-19)22-18(24-3)14-5-4-8-21-12-14/h4-9,12,16H,10H2,1-3H3. The van der Waals surface area contributed by atoms with E-state index < -0.39 is 0 Å². The molecule has 1 unspecified atom stereocenters. The quantitative estimate of drug-likeness (QED) is 0.603. The smallest absolute Gasteiger partial charge is 0.125 e. The summed E-state index contributed by atoms with van der Waals surface area (Å²) in [5.41, 5.74) is 2.31. The minimum atomic E-state index is -0.298. The van der Waals surface area contributed by atoms with Gasteiger partial charge in [-0.1, -0.05) is 0 Å². The van der Waals surface area contributed by atoms with Crippen molar-refractivity contribution in [3.63, 3.8) is 0 Å².